The van der Waals surface area contributed by atoms with Crippen LogP contribution >= 0.6 is 11.6 Å². The fourth-order valence-electron chi connectivity index (χ4n) is 1.62. The van der Waals surface area contributed by atoms with Gasteiger partial charge in [0.2, 0.25) is 15.9 Å². The normalized spacial score (nSPS) is 13.0. The maximum atomic E-state index is 12.3. The zero-order valence-electron chi connectivity index (χ0n) is 12.3. The Labute approximate surface area is 129 Å². The van der Waals surface area contributed by atoms with Gasteiger partial charge in [0.25, 0.3) is 0 Å². The molecule has 0 aliphatic heterocycles. The minimum absolute atomic E-state index is 0.0786. The third-order valence-corrected chi connectivity index (χ3v) is 4.37. The molecule has 0 saturated carbocycles. The Morgan fingerprint density at radius 1 is 1.29 bits per heavy atom. The van der Waals surface area contributed by atoms with Crippen LogP contribution in [0, 0.1) is 0 Å². The van der Waals surface area contributed by atoms with E-state index in [1.165, 1.54) is 32.2 Å². The summed E-state index contributed by atoms with van der Waals surface area (Å²) >= 11 is 5.82. The molecule has 0 fully saturated rings. The Hall–Kier alpha value is -1.31. The predicted molar refractivity (Wildman–Crippen MR) is 81.1 cm³/mol. The summed E-state index contributed by atoms with van der Waals surface area (Å²) in [5.41, 5.74) is 0. The van der Waals surface area contributed by atoms with E-state index in [0.717, 1.165) is 0 Å². The molecule has 21 heavy (non-hydrogen) atoms. The summed E-state index contributed by atoms with van der Waals surface area (Å²) in [6.07, 6.45) is 0. The van der Waals surface area contributed by atoms with Crippen molar-refractivity contribution in [3.8, 4) is 5.75 Å². The van der Waals surface area contributed by atoms with Crippen LogP contribution in [0.2, 0.25) is 5.02 Å². The molecule has 0 heterocycles. The van der Waals surface area contributed by atoms with Crippen LogP contribution in [-0.2, 0) is 14.8 Å². The molecule has 1 aromatic carbocycles. The van der Waals surface area contributed by atoms with E-state index < -0.39 is 22.0 Å². The lowest BCUT2D eigenvalue weighted by Gasteiger charge is -2.17. The molecule has 1 aromatic rings. The average molecular weight is 335 g/mol. The molecule has 0 aliphatic rings. The quantitative estimate of drug-likeness (QED) is 0.826. The van der Waals surface area contributed by atoms with Crippen molar-refractivity contribution in [3.63, 3.8) is 0 Å². The van der Waals surface area contributed by atoms with Crippen molar-refractivity contribution in [1.82, 2.24) is 10.0 Å². The Bertz CT molecular complexity index is 617. The molecule has 0 unspecified atom stereocenters. The topological polar surface area (TPSA) is 84.5 Å². The van der Waals surface area contributed by atoms with Crippen molar-refractivity contribution in [2.45, 2.75) is 37.8 Å². The lowest BCUT2D eigenvalue weighted by atomic mass is 10.3. The number of hydrogen-bond donors (Lipinski definition) is 2. The number of nitrogens with one attached hydrogen (secondary N) is 2. The van der Waals surface area contributed by atoms with Gasteiger partial charge in [0, 0.05) is 11.1 Å². The summed E-state index contributed by atoms with van der Waals surface area (Å²) in [7, 11) is -2.57. The van der Waals surface area contributed by atoms with Crippen LogP contribution in [0.3, 0.4) is 0 Å². The molecular formula is C13H19ClN2O4S. The molecule has 0 saturated heterocycles. The number of carbonyl (C=O) groups excluding carboxylic acids is 1. The number of rotatable bonds is 6. The second-order valence-electron chi connectivity index (χ2n) is 4.80. The summed E-state index contributed by atoms with van der Waals surface area (Å²) in [5, 5.41) is 2.89. The number of halogens is 1. The van der Waals surface area contributed by atoms with Crippen molar-refractivity contribution in [3.05, 3.63) is 23.2 Å². The molecular weight excluding hydrogens is 316 g/mol. The highest BCUT2D eigenvalue weighted by molar-refractivity contribution is 7.89. The fourth-order valence-corrected chi connectivity index (χ4v) is 3.25. The first-order chi connectivity index (χ1) is 9.67. The van der Waals surface area contributed by atoms with E-state index in [1.807, 2.05) is 0 Å². The first kappa shape index (κ1) is 17.7. The number of methoxy groups -OCH3 is 1. The van der Waals surface area contributed by atoms with Gasteiger partial charge in [-0.25, -0.2) is 8.42 Å². The van der Waals surface area contributed by atoms with E-state index in [0.29, 0.717) is 0 Å². The Morgan fingerprint density at radius 2 is 1.90 bits per heavy atom. The lowest BCUT2D eigenvalue weighted by Crippen LogP contribution is -2.46. The number of ether oxygens (including phenoxy) is 1. The first-order valence-electron chi connectivity index (χ1n) is 6.33. The predicted octanol–water partition coefficient (Wildman–Crippen LogP) is 1.54. The van der Waals surface area contributed by atoms with E-state index >= 15 is 0 Å². The molecule has 0 bridgehead atoms. The van der Waals surface area contributed by atoms with Gasteiger partial charge < -0.3 is 10.1 Å². The molecule has 1 rings (SSSR count). The third kappa shape index (κ3) is 4.87. The summed E-state index contributed by atoms with van der Waals surface area (Å²) in [6.45, 7) is 5.05. The molecule has 0 aliphatic carbocycles. The standard InChI is InChI=1S/C13H19ClN2O4S/c1-8(2)15-13(17)9(3)16-21(18,19)12-7-10(14)5-6-11(12)20-4/h5-9,16H,1-4H3,(H,15,17)/t9-/m0/s1. The average Bonchev–Trinajstić information content (AvgIpc) is 2.37. The molecule has 0 spiro atoms. The van der Waals surface area contributed by atoms with Gasteiger partial charge in [-0.1, -0.05) is 11.6 Å². The van der Waals surface area contributed by atoms with Crippen LogP contribution in [0.5, 0.6) is 5.75 Å². The number of benzene rings is 1. The first-order valence-corrected chi connectivity index (χ1v) is 8.19. The van der Waals surface area contributed by atoms with Gasteiger partial charge >= 0.3 is 0 Å². The van der Waals surface area contributed by atoms with Gasteiger partial charge in [-0.2, -0.15) is 4.72 Å². The van der Waals surface area contributed by atoms with Crippen molar-refractivity contribution >= 4 is 27.5 Å². The van der Waals surface area contributed by atoms with Gasteiger partial charge in [0.15, 0.2) is 0 Å². The monoisotopic (exact) mass is 334 g/mol. The van der Waals surface area contributed by atoms with Crippen molar-refractivity contribution in [1.29, 1.82) is 0 Å². The highest BCUT2D eigenvalue weighted by Gasteiger charge is 2.25. The molecule has 6 nitrogen and oxygen atoms in total. The van der Waals surface area contributed by atoms with Crippen LogP contribution in [0.25, 0.3) is 0 Å². The van der Waals surface area contributed by atoms with E-state index in [9.17, 15) is 13.2 Å². The van der Waals surface area contributed by atoms with Gasteiger partial charge in [0.1, 0.15) is 10.6 Å². The zero-order chi connectivity index (χ0) is 16.2. The molecule has 0 radical (unpaired) electrons. The third-order valence-electron chi connectivity index (χ3n) is 2.57. The van der Waals surface area contributed by atoms with Crippen LogP contribution < -0.4 is 14.8 Å². The van der Waals surface area contributed by atoms with Gasteiger partial charge in [-0.3, -0.25) is 4.79 Å². The number of sulfonamides is 1. The summed E-state index contributed by atoms with van der Waals surface area (Å²) in [4.78, 5) is 11.7. The molecule has 1 amide bonds. The minimum atomic E-state index is -3.93. The zero-order valence-corrected chi connectivity index (χ0v) is 13.9. The van der Waals surface area contributed by atoms with Crippen LogP contribution in [0.1, 0.15) is 20.8 Å². The van der Waals surface area contributed by atoms with Crippen LogP contribution in [0.4, 0.5) is 0 Å². The highest BCUT2D eigenvalue weighted by Crippen LogP contribution is 2.26. The molecule has 8 heteroatoms. The van der Waals surface area contributed by atoms with E-state index in [2.05, 4.69) is 10.0 Å². The van der Waals surface area contributed by atoms with Crippen molar-refractivity contribution in [2.24, 2.45) is 0 Å². The fraction of sp³-hybridized carbons (Fsp3) is 0.462. The van der Waals surface area contributed by atoms with E-state index in [1.54, 1.807) is 13.8 Å². The van der Waals surface area contributed by atoms with Crippen molar-refractivity contribution < 1.29 is 17.9 Å². The van der Waals surface area contributed by atoms with E-state index in [4.69, 9.17) is 16.3 Å². The Morgan fingerprint density at radius 3 is 2.43 bits per heavy atom. The number of hydrogen-bond acceptors (Lipinski definition) is 4. The number of carbonyl (C=O) groups is 1. The maximum Gasteiger partial charge on any atom is 0.245 e. The SMILES string of the molecule is COc1ccc(Cl)cc1S(=O)(=O)N[C@@H](C)C(=O)NC(C)C. The van der Waals surface area contributed by atoms with Crippen LogP contribution in [0.15, 0.2) is 23.1 Å². The van der Waals surface area contributed by atoms with Gasteiger partial charge in [-0.15, -0.1) is 0 Å². The smallest absolute Gasteiger partial charge is 0.245 e. The van der Waals surface area contributed by atoms with Crippen LogP contribution in [-0.4, -0.2) is 33.5 Å². The highest BCUT2D eigenvalue weighted by atomic mass is 35.5. The van der Waals surface area contributed by atoms with Gasteiger partial charge in [0.05, 0.1) is 13.2 Å². The van der Waals surface area contributed by atoms with E-state index in [-0.39, 0.29) is 21.7 Å². The summed E-state index contributed by atoms with van der Waals surface area (Å²) < 4.78 is 32.0. The summed E-state index contributed by atoms with van der Waals surface area (Å²) in [5.74, 6) is -0.252. The largest absolute Gasteiger partial charge is 0.495 e. The minimum Gasteiger partial charge on any atom is -0.495 e. The molecule has 1 atom stereocenters. The second kappa shape index (κ2) is 7.11. The molecule has 118 valence electrons. The lowest BCUT2D eigenvalue weighted by molar-refractivity contribution is -0.122. The second-order valence-corrected chi connectivity index (χ2v) is 6.92. The Kier molecular flexibility index (Phi) is 6.00. The molecule has 2 N–H and O–H groups in total. The maximum absolute atomic E-state index is 12.3. The summed E-state index contributed by atoms with van der Waals surface area (Å²) in [6, 6.07) is 3.26. The van der Waals surface area contributed by atoms with Gasteiger partial charge in [-0.05, 0) is 39.0 Å². The number of amides is 1. The Balaban J connectivity index is 3.02. The molecule has 0 aromatic heterocycles. The van der Waals surface area contributed by atoms with Crippen molar-refractivity contribution in [2.75, 3.05) is 7.11 Å².